The quantitative estimate of drug-likeness (QED) is 0.708. The third-order valence-electron chi connectivity index (χ3n) is 3.25. The highest BCUT2D eigenvalue weighted by atomic mass is 16.5. The molecule has 1 heterocycles. The van der Waals surface area contributed by atoms with E-state index in [1.807, 2.05) is 42.5 Å². The molecule has 3 aromatic rings. The van der Waals surface area contributed by atoms with Crippen molar-refractivity contribution in [1.29, 1.82) is 0 Å². The molecule has 19 heavy (non-hydrogen) atoms. The monoisotopic (exact) mass is 250 g/mol. The van der Waals surface area contributed by atoms with Crippen LogP contribution in [0.5, 0.6) is 5.75 Å². The minimum atomic E-state index is 0.738. The summed E-state index contributed by atoms with van der Waals surface area (Å²) in [6.07, 6.45) is 3.57. The van der Waals surface area contributed by atoms with Crippen molar-refractivity contribution in [1.82, 2.24) is 4.98 Å². The topological polar surface area (TPSA) is 48.1 Å². The fourth-order valence-electron chi connectivity index (χ4n) is 2.31. The third kappa shape index (κ3) is 1.89. The van der Waals surface area contributed by atoms with Crippen LogP contribution in [-0.2, 0) is 0 Å². The lowest BCUT2D eigenvalue weighted by Gasteiger charge is -2.12. The number of hydrogen-bond donors (Lipinski definition) is 1. The summed E-state index contributed by atoms with van der Waals surface area (Å²) in [6, 6.07) is 13.9. The van der Waals surface area contributed by atoms with E-state index in [0.717, 1.165) is 33.3 Å². The van der Waals surface area contributed by atoms with Gasteiger partial charge in [0.25, 0.3) is 0 Å². The Morgan fingerprint density at radius 1 is 0.947 bits per heavy atom. The van der Waals surface area contributed by atoms with E-state index in [2.05, 4.69) is 4.98 Å². The Hall–Kier alpha value is -2.55. The van der Waals surface area contributed by atoms with Crippen molar-refractivity contribution in [3.05, 3.63) is 54.9 Å². The molecule has 0 fully saturated rings. The number of aromatic nitrogens is 1. The van der Waals surface area contributed by atoms with Crippen molar-refractivity contribution in [2.45, 2.75) is 0 Å². The van der Waals surface area contributed by atoms with Gasteiger partial charge in [0.15, 0.2) is 0 Å². The first-order chi connectivity index (χ1) is 9.31. The standard InChI is InChI=1S/C16H14N2O/c1-19-16-5-3-2-4-13(16)11-6-7-15(17)14-10-18-9-8-12(11)14/h2-10H,17H2,1H3. The van der Waals surface area contributed by atoms with Crippen LogP contribution < -0.4 is 10.5 Å². The van der Waals surface area contributed by atoms with Crippen LogP contribution in [0.25, 0.3) is 21.9 Å². The first kappa shape index (κ1) is 11.5. The summed E-state index contributed by atoms with van der Waals surface area (Å²) in [4.78, 5) is 4.14. The molecular weight excluding hydrogens is 236 g/mol. The smallest absolute Gasteiger partial charge is 0.126 e. The van der Waals surface area contributed by atoms with Gasteiger partial charge in [-0.1, -0.05) is 24.3 Å². The molecule has 0 atom stereocenters. The van der Waals surface area contributed by atoms with E-state index < -0.39 is 0 Å². The van der Waals surface area contributed by atoms with Crippen LogP contribution in [0.2, 0.25) is 0 Å². The Kier molecular flexibility index (Phi) is 2.80. The number of hydrogen-bond acceptors (Lipinski definition) is 3. The van der Waals surface area contributed by atoms with Crippen LogP contribution in [0.3, 0.4) is 0 Å². The average molecular weight is 250 g/mol. The Labute approximate surface area is 111 Å². The Bertz CT molecular complexity index is 738. The zero-order chi connectivity index (χ0) is 13.2. The Balaban J connectivity index is 2.34. The molecule has 0 saturated heterocycles. The Morgan fingerprint density at radius 3 is 2.63 bits per heavy atom. The summed E-state index contributed by atoms with van der Waals surface area (Å²) in [5, 5.41) is 2.05. The maximum Gasteiger partial charge on any atom is 0.126 e. The zero-order valence-electron chi connectivity index (χ0n) is 10.6. The van der Waals surface area contributed by atoms with Gasteiger partial charge in [-0.2, -0.15) is 0 Å². The molecule has 3 rings (SSSR count). The van der Waals surface area contributed by atoms with Crippen molar-refractivity contribution in [2.24, 2.45) is 0 Å². The summed E-state index contributed by atoms with van der Waals surface area (Å²) in [5.41, 5.74) is 8.90. The van der Waals surface area contributed by atoms with E-state index in [1.54, 1.807) is 19.5 Å². The molecule has 0 bridgehead atoms. The average Bonchev–Trinajstić information content (AvgIpc) is 2.48. The normalized spacial score (nSPS) is 10.6. The highest BCUT2D eigenvalue weighted by Gasteiger charge is 2.10. The third-order valence-corrected chi connectivity index (χ3v) is 3.25. The zero-order valence-corrected chi connectivity index (χ0v) is 10.6. The minimum absolute atomic E-state index is 0.738. The molecule has 0 spiro atoms. The Morgan fingerprint density at radius 2 is 1.79 bits per heavy atom. The van der Waals surface area contributed by atoms with Crippen molar-refractivity contribution in [3.8, 4) is 16.9 Å². The van der Waals surface area contributed by atoms with Crippen molar-refractivity contribution in [2.75, 3.05) is 12.8 Å². The van der Waals surface area contributed by atoms with Gasteiger partial charge in [-0.25, -0.2) is 0 Å². The molecule has 0 aliphatic rings. The summed E-state index contributed by atoms with van der Waals surface area (Å²) >= 11 is 0. The molecule has 3 heteroatoms. The van der Waals surface area contributed by atoms with Crippen LogP contribution in [0, 0.1) is 0 Å². The van der Waals surface area contributed by atoms with Gasteiger partial charge in [0.1, 0.15) is 5.75 Å². The fourth-order valence-corrected chi connectivity index (χ4v) is 2.31. The lowest BCUT2D eigenvalue weighted by Crippen LogP contribution is -1.92. The number of ether oxygens (including phenoxy) is 1. The van der Waals surface area contributed by atoms with Gasteiger partial charge < -0.3 is 10.5 Å². The highest BCUT2D eigenvalue weighted by Crippen LogP contribution is 2.36. The predicted molar refractivity (Wildman–Crippen MR) is 78.1 cm³/mol. The first-order valence-corrected chi connectivity index (χ1v) is 6.07. The number of fused-ring (bicyclic) bond motifs is 1. The van der Waals surface area contributed by atoms with Crippen molar-refractivity contribution < 1.29 is 4.74 Å². The number of nitrogens with two attached hydrogens (primary N) is 1. The number of methoxy groups -OCH3 is 1. The highest BCUT2D eigenvalue weighted by molar-refractivity contribution is 6.03. The molecule has 2 aromatic carbocycles. The summed E-state index contributed by atoms with van der Waals surface area (Å²) in [7, 11) is 1.68. The lowest BCUT2D eigenvalue weighted by atomic mass is 9.98. The first-order valence-electron chi connectivity index (χ1n) is 6.07. The second kappa shape index (κ2) is 4.61. The minimum Gasteiger partial charge on any atom is -0.496 e. The molecule has 0 aliphatic heterocycles. The number of pyridine rings is 1. The summed E-state index contributed by atoms with van der Waals surface area (Å²) in [5.74, 6) is 0.852. The predicted octanol–water partition coefficient (Wildman–Crippen LogP) is 3.49. The van der Waals surface area contributed by atoms with Crippen LogP contribution in [0.1, 0.15) is 0 Å². The number of anilines is 1. The SMILES string of the molecule is COc1ccccc1-c1ccc(N)c2cnccc12. The van der Waals surface area contributed by atoms with E-state index in [-0.39, 0.29) is 0 Å². The summed E-state index contributed by atoms with van der Waals surface area (Å²) in [6.45, 7) is 0. The number of rotatable bonds is 2. The van der Waals surface area contributed by atoms with Gasteiger partial charge in [-0.3, -0.25) is 4.98 Å². The van der Waals surface area contributed by atoms with Crippen LogP contribution in [0.4, 0.5) is 5.69 Å². The molecule has 1 aromatic heterocycles. The molecule has 2 N–H and O–H groups in total. The maximum absolute atomic E-state index is 6.00. The molecule has 94 valence electrons. The van der Waals surface area contributed by atoms with E-state index in [0.29, 0.717) is 0 Å². The van der Waals surface area contributed by atoms with E-state index in [4.69, 9.17) is 10.5 Å². The van der Waals surface area contributed by atoms with Crippen LogP contribution in [0.15, 0.2) is 54.9 Å². The van der Waals surface area contributed by atoms with Gasteiger partial charge in [0.05, 0.1) is 7.11 Å². The fraction of sp³-hybridized carbons (Fsp3) is 0.0625. The number of nitrogens with zero attached hydrogens (tertiary/aromatic N) is 1. The molecule has 0 amide bonds. The van der Waals surface area contributed by atoms with Gasteiger partial charge in [-0.15, -0.1) is 0 Å². The molecule has 0 aliphatic carbocycles. The van der Waals surface area contributed by atoms with Gasteiger partial charge in [-0.05, 0) is 29.1 Å². The van der Waals surface area contributed by atoms with Crippen LogP contribution >= 0.6 is 0 Å². The summed E-state index contributed by atoms with van der Waals surface area (Å²) < 4.78 is 5.43. The van der Waals surface area contributed by atoms with Gasteiger partial charge >= 0.3 is 0 Å². The molecule has 0 radical (unpaired) electrons. The largest absolute Gasteiger partial charge is 0.496 e. The number of benzene rings is 2. The van der Waals surface area contributed by atoms with Gasteiger partial charge in [0.2, 0.25) is 0 Å². The van der Waals surface area contributed by atoms with E-state index in [1.165, 1.54) is 0 Å². The van der Waals surface area contributed by atoms with Gasteiger partial charge in [0, 0.05) is 29.0 Å². The maximum atomic E-state index is 6.00. The van der Waals surface area contributed by atoms with Crippen molar-refractivity contribution in [3.63, 3.8) is 0 Å². The number of nitrogen functional groups attached to an aromatic ring is 1. The second-order valence-electron chi connectivity index (χ2n) is 4.32. The lowest BCUT2D eigenvalue weighted by molar-refractivity contribution is 0.416. The molecule has 3 nitrogen and oxygen atoms in total. The molecule has 0 saturated carbocycles. The molecular formula is C16H14N2O. The number of para-hydroxylation sites is 1. The molecule has 0 unspecified atom stereocenters. The van der Waals surface area contributed by atoms with E-state index in [9.17, 15) is 0 Å². The second-order valence-corrected chi connectivity index (χ2v) is 4.32. The van der Waals surface area contributed by atoms with Crippen molar-refractivity contribution >= 4 is 16.5 Å². The van der Waals surface area contributed by atoms with Crippen LogP contribution in [-0.4, -0.2) is 12.1 Å². The van der Waals surface area contributed by atoms with E-state index >= 15 is 0 Å².